The lowest BCUT2D eigenvalue weighted by Crippen LogP contribution is -2.22. The highest BCUT2D eigenvalue weighted by atomic mass is 32.1. The van der Waals surface area contributed by atoms with Crippen molar-refractivity contribution in [2.24, 2.45) is 0 Å². The number of nitrogens with zero attached hydrogens (tertiary/aromatic N) is 2. The van der Waals surface area contributed by atoms with Crippen LogP contribution in [0.5, 0.6) is 0 Å². The van der Waals surface area contributed by atoms with Crippen LogP contribution in [0.3, 0.4) is 0 Å². The lowest BCUT2D eigenvalue weighted by molar-refractivity contribution is 0.582. The summed E-state index contributed by atoms with van der Waals surface area (Å²) in [5, 5.41) is 3.29. The second-order valence-corrected chi connectivity index (χ2v) is 3.36. The fourth-order valence-electron chi connectivity index (χ4n) is 0.711. The van der Waals surface area contributed by atoms with Crippen molar-refractivity contribution < 1.29 is 0 Å². The van der Waals surface area contributed by atoms with Gasteiger partial charge in [-0.3, -0.25) is 0 Å². The number of aromatic nitrogens is 2. The van der Waals surface area contributed by atoms with E-state index in [1.54, 1.807) is 0 Å². The van der Waals surface area contributed by atoms with E-state index in [9.17, 15) is 0 Å². The number of hydrogen-bond acceptors (Lipinski definition) is 4. The molecule has 0 spiro atoms. The molecule has 0 fully saturated rings. The van der Waals surface area contributed by atoms with Crippen molar-refractivity contribution >= 4 is 11.7 Å². The molecule has 0 radical (unpaired) electrons. The largest absolute Gasteiger partial charge is 0.309 e. The van der Waals surface area contributed by atoms with Crippen molar-refractivity contribution in [3.63, 3.8) is 0 Å². The van der Waals surface area contributed by atoms with Crippen molar-refractivity contribution in [1.29, 1.82) is 0 Å². The molecule has 0 aliphatic heterocycles. The Balaban J connectivity index is 2.44. The standard InChI is InChI=1S/C7H13N3S/c1-5(2)8-4-7-6(3)9-11-10-7/h5,8H,4H2,1-3H3. The average molecular weight is 171 g/mol. The molecule has 0 amide bonds. The van der Waals surface area contributed by atoms with Crippen LogP contribution in [0.4, 0.5) is 0 Å². The summed E-state index contributed by atoms with van der Waals surface area (Å²) in [5.41, 5.74) is 2.12. The van der Waals surface area contributed by atoms with Gasteiger partial charge in [0.05, 0.1) is 23.1 Å². The van der Waals surface area contributed by atoms with Crippen molar-refractivity contribution in [3.8, 4) is 0 Å². The van der Waals surface area contributed by atoms with E-state index in [1.165, 1.54) is 11.7 Å². The smallest absolute Gasteiger partial charge is 0.0910 e. The Morgan fingerprint density at radius 1 is 1.45 bits per heavy atom. The van der Waals surface area contributed by atoms with Crippen LogP contribution in [0.15, 0.2) is 0 Å². The molecule has 1 N–H and O–H groups in total. The van der Waals surface area contributed by atoms with E-state index in [0.29, 0.717) is 6.04 Å². The van der Waals surface area contributed by atoms with Gasteiger partial charge in [0.15, 0.2) is 0 Å². The first-order valence-corrected chi connectivity index (χ1v) is 4.44. The highest BCUT2D eigenvalue weighted by molar-refractivity contribution is 6.99. The second-order valence-electron chi connectivity index (χ2n) is 2.83. The summed E-state index contributed by atoms with van der Waals surface area (Å²) >= 11 is 1.28. The maximum absolute atomic E-state index is 4.16. The molecule has 0 aliphatic rings. The zero-order chi connectivity index (χ0) is 8.27. The maximum atomic E-state index is 4.16. The molecule has 4 heteroatoms. The summed E-state index contributed by atoms with van der Waals surface area (Å²) < 4.78 is 8.24. The number of hydrogen-bond donors (Lipinski definition) is 1. The first-order valence-electron chi connectivity index (χ1n) is 3.71. The van der Waals surface area contributed by atoms with E-state index in [4.69, 9.17) is 0 Å². The Kier molecular flexibility index (Phi) is 2.96. The molecule has 0 atom stereocenters. The Bertz CT molecular complexity index is 219. The molecule has 0 aromatic carbocycles. The highest BCUT2D eigenvalue weighted by Crippen LogP contribution is 2.03. The predicted octanol–water partition coefficient (Wildman–Crippen LogP) is 1.34. The van der Waals surface area contributed by atoms with Gasteiger partial charge in [0.2, 0.25) is 0 Å². The summed E-state index contributed by atoms with van der Waals surface area (Å²) in [5.74, 6) is 0. The predicted molar refractivity (Wildman–Crippen MR) is 46.6 cm³/mol. The first-order chi connectivity index (χ1) is 5.20. The molecule has 1 rings (SSSR count). The van der Waals surface area contributed by atoms with Crippen molar-refractivity contribution in [2.45, 2.75) is 33.4 Å². The van der Waals surface area contributed by atoms with Gasteiger partial charge in [-0.2, -0.15) is 8.75 Å². The van der Waals surface area contributed by atoms with Crippen LogP contribution in [0.1, 0.15) is 25.2 Å². The number of nitrogens with one attached hydrogen (secondary N) is 1. The maximum Gasteiger partial charge on any atom is 0.0910 e. The van der Waals surface area contributed by atoms with Crippen LogP contribution in [0, 0.1) is 6.92 Å². The highest BCUT2D eigenvalue weighted by Gasteiger charge is 2.02. The fraction of sp³-hybridized carbons (Fsp3) is 0.714. The normalized spacial score (nSPS) is 10.9. The molecule has 62 valence electrons. The molecule has 0 unspecified atom stereocenters. The molecule has 0 bridgehead atoms. The van der Waals surface area contributed by atoms with Gasteiger partial charge >= 0.3 is 0 Å². The number of rotatable bonds is 3. The van der Waals surface area contributed by atoms with Crippen LogP contribution >= 0.6 is 11.7 Å². The third kappa shape index (κ3) is 2.55. The summed E-state index contributed by atoms with van der Waals surface area (Å²) in [6, 6.07) is 0.510. The van der Waals surface area contributed by atoms with Crippen LogP contribution in [0.25, 0.3) is 0 Å². The molecular weight excluding hydrogens is 158 g/mol. The van der Waals surface area contributed by atoms with E-state index in [-0.39, 0.29) is 0 Å². The molecule has 0 aliphatic carbocycles. The molecule has 0 saturated heterocycles. The summed E-state index contributed by atoms with van der Waals surface area (Å²) in [6.45, 7) is 7.06. The summed E-state index contributed by atoms with van der Waals surface area (Å²) in [6.07, 6.45) is 0. The van der Waals surface area contributed by atoms with Gasteiger partial charge in [0, 0.05) is 12.6 Å². The monoisotopic (exact) mass is 171 g/mol. The van der Waals surface area contributed by atoms with Gasteiger partial charge in [-0.15, -0.1) is 0 Å². The SMILES string of the molecule is Cc1nsnc1CNC(C)C. The van der Waals surface area contributed by atoms with E-state index >= 15 is 0 Å². The van der Waals surface area contributed by atoms with Crippen molar-refractivity contribution in [3.05, 3.63) is 11.4 Å². The fourth-order valence-corrected chi connectivity index (χ4v) is 1.27. The van der Waals surface area contributed by atoms with Gasteiger partial charge in [-0.05, 0) is 6.92 Å². The molecule has 3 nitrogen and oxygen atoms in total. The molecule has 11 heavy (non-hydrogen) atoms. The quantitative estimate of drug-likeness (QED) is 0.746. The Hall–Kier alpha value is -0.480. The first kappa shape index (κ1) is 8.62. The minimum Gasteiger partial charge on any atom is -0.309 e. The molecular formula is C7H13N3S. The molecule has 1 aromatic rings. The third-order valence-electron chi connectivity index (χ3n) is 1.42. The second kappa shape index (κ2) is 3.78. The minimum absolute atomic E-state index is 0.510. The lowest BCUT2D eigenvalue weighted by atomic mass is 10.3. The minimum atomic E-state index is 0.510. The average Bonchev–Trinajstić information content (AvgIpc) is 2.31. The van der Waals surface area contributed by atoms with E-state index in [2.05, 4.69) is 27.9 Å². The summed E-state index contributed by atoms with van der Waals surface area (Å²) in [4.78, 5) is 0. The van der Waals surface area contributed by atoms with E-state index in [1.807, 2.05) is 6.92 Å². The van der Waals surface area contributed by atoms with E-state index in [0.717, 1.165) is 17.9 Å². The molecule has 0 saturated carbocycles. The van der Waals surface area contributed by atoms with Crippen LogP contribution in [0.2, 0.25) is 0 Å². The van der Waals surface area contributed by atoms with Gasteiger partial charge in [0.1, 0.15) is 0 Å². The Morgan fingerprint density at radius 3 is 2.64 bits per heavy atom. The Morgan fingerprint density at radius 2 is 2.18 bits per heavy atom. The van der Waals surface area contributed by atoms with Gasteiger partial charge in [-0.25, -0.2) is 0 Å². The molecule has 1 heterocycles. The van der Waals surface area contributed by atoms with Crippen molar-refractivity contribution in [2.75, 3.05) is 0 Å². The summed E-state index contributed by atoms with van der Waals surface area (Å²) in [7, 11) is 0. The molecule has 1 aromatic heterocycles. The third-order valence-corrected chi connectivity index (χ3v) is 2.08. The Labute approximate surface area is 71.2 Å². The van der Waals surface area contributed by atoms with Gasteiger partial charge in [-0.1, -0.05) is 13.8 Å². The van der Waals surface area contributed by atoms with E-state index < -0.39 is 0 Å². The van der Waals surface area contributed by atoms with Crippen LogP contribution < -0.4 is 5.32 Å². The number of aryl methyl sites for hydroxylation is 1. The zero-order valence-corrected chi connectivity index (χ0v) is 7.90. The van der Waals surface area contributed by atoms with Gasteiger partial charge in [0.25, 0.3) is 0 Å². The lowest BCUT2D eigenvalue weighted by Gasteiger charge is -2.04. The zero-order valence-electron chi connectivity index (χ0n) is 7.09. The van der Waals surface area contributed by atoms with Gasteiger partial charge < -0.3 is 5.32 Å². The van der Waals surface area contributed by atoms with Crippen LogP contribution in [-0.2, 0) is 6.54 Å². The van der Waals surface area contributed by atoms with Crippen molar-refractivity contribution in [1.82, 2.24) is 14.1 Å². The van der Waals surface area contributed by atoms with Crippen LogP contribution in [-0.4, -0.2) is 14.8 Å². The topological polar surface area (TPSA) is 37.8 Å².